The van der Waals surface area contributed by atoms with Gasteiger partial charge >= 0.3 is 22.2 Å². The summed E-state index contributed by atoms with van der Waals surface area (Å²) in [7, 11) is 3.00. The maximum Gasteiger partial charge on any atom is 0.335 e. The lowest BCUT2D eigenvalue weighted by atomic mass is 10.5. The second-order valence-electron chi connectivity index (χ2n) is 3.23. The molecule has 126 valence electrons. The zero-order valence-electron chi connectivity index (χ0n) is 13.0. The van der Waals surface area contributed by atoms with Gasteiger partial charge in [-0.3, -0.25) is 4.57 Å². The highest BCUT2D eigenvalue weighted by atomic mass is 31.2. The maximum absolute atomic E-state index is 11.5. The fraction of sp³-hybridized carbons (Fsp3) is 0.778. The zero-order chi connectivity index (χ0) is 16.9. The van der Waals surface area contributed by atoms with Gasteiger partial charge in [-0.2, -0.15) is 5.10 Å². The summed E-state index contributed by atoms with van der Waals surface area (Å²) in [5.41, 5.74) is 7.19. The van der Waals surface area contributed by atoms with Crippen molar-refractivity contribution in [3.8, 4) is 0 Å². The molecule has 0 fully saturated rings. The molecular weight excluding hydrogens is 324 g/mol. The first-order valence-corrected chi connectivity index (χ1v) is 8.32. The Bertz CT molecular complexity index is 350. The number of primary amides is 1. The standard InChI is InChI=1S/C6H14N3O4P.C3H9O3P/c1-5(8-9-6(7)10)4-14(11,12-2)13-3;1-4-7(5-2)6-3/h4H2,1-3H3,(H3,7,9,10);1-3H3. The van der Waals surface area contributed by atoms with E-state index in [1.165, 1.54) is 14.2 Å². The molecular formula is C9H23N3O7P2. The van der Waals surface area contributed by atoms with Crippen LogP contribution in [0.3, 0.4) is 0 Å². The number of hydrogen-bond donors (Lipinski definition) is 2. The van der Waals surface area contributed by atoms with Gasteiger partial charge in [-0.25, -0.2) is 10.2 Å². The third-order valence-electron chi connectivity index (χ3n) is 1.78. The molecule has 0 aromatic rings. The molecule has 0 aromatic heterocycles. The van der Waals surface area contributed by atoms with Crippen LogP contribution in [-0.4, -0.2) is 53.5 Å². The summed E-state index contributed by atoms with van der Waals surface area (Å²) < 4.78 is 34.9. The average Bonchev–Trinajstić information content (AvgIpc) is 2.47. The minimum atomic E-state index is -3.12. The molecule has 21 heavy (non-hydrogen) atoms. The highest BCUT2D eigenvalue weighted by molar-refractivity contribution is 7.54. The molecule has 0 heterocycles. The molecule has 0 unspecified atom stereocenters. The molecule has 0 saturated heterocycles. The lowest BCUT2D eigenvalue weighted by Crippen LogP contribution is -2.26. The molecule has 0 radical (unpaired) electrons. The zero-order valence-corrected chi connectivity index (χ0v) is 14.8. The van der Waals surface area contributed by atoms with Crippen molar-refractivity contribution in [2.45, 2.75) is 6.92 Å². The predicted molar refractivity (Wildman–Crippen MR) is 80.3 cm³/mol. The van der Waals surface area contributed by atoms with Crippen molar-refractivity contribution in [1.82, 2.24) is 5.43 Å². The van der Waals surface area contributed by atoms with Crippen molar-refractivity contribution in [1.29, 1.82) is 0 Å². The van der Waals surface area contributed by atoms with E-state index < -0.39 is 22.2 Å². The minimum Gasteiger partial charge on any atom is -0.350 e. The van der Waals surface area contributed by atoms with Gasteiger partial charge in [0.2, 0.25) is 0 Å². The summed E-state index contributed by atoms with van der Waals surface area (Å²) in [6.07, 6.45) is 0.000278. The summed E-state index contributed by atoms with van der Waals surface area (Å²) in [5, 5.41) is 3.56. The van der Waals surface area contributed by atoms with Gasteiger partial charge in [0.1, 0.15) is 0 Å². The van der Waals surface area contributed by atoms with Crippen molar-refractivity contribution < 1.29 is 32.0 Å². The molecule has 0 atom stereocenters. The van der Waals surface area contributed by atoms with Crippen molar-refractivity contribution in [2.75, 3.05) is 41.7 Å². The van der Waals surface area contributed by atoms with Crippen molar-refractivity contribution in [3.05, 3.63) is 0 Å². The van der Waals surface area contributed by atoms with E-state index in [1.807, 2.05) is 5.43 Å². The number of nitrogens with zero attached hydrogens (tertiary/aromatic N) is 1. The first kappa shape index (κ1) is 22.7. The highest BCUT2D eigenvalue weighted by Gasteiger charge is 2.22. The topological polar surface area (TPSA) is 131 Å². The van der Waals surface area contributed by atoms with Gasteiger partial charge in [-0.15, -0.1) is 0 Å². The van der Waals surface area contributed by atoms with Gasteiger partial charge in [-0.05, 0) is 6.92 Å². The number of nitrogens with two attached hydrogens (primary N) is 1. The van der Waals surface area contributed by atoms with Crippen LogP contribution in [0.1, 0.15) is 6.92 Å². The molecule has 2 amide bonds. The summed E-state index contributed by atoms with van der Waals surface area (Å²) in [6.45, 7) is 1.57. The van der Waals surface area contributed by atoms with Gasteiger partial charge in [0.15, 0.2) is 0 Å². The van der Waals surface area contributed by atoms with Crippen LogP contribution < -0.4 is 11.2 Å². The van der Waals surface area contributed by atoms with E-state index in [4.69, 9.17) is 5.73 Å². The normalized spacial score (nSPS) is 11.9. The SMILES string of the molecule is COP(=O)(CC(C)=NNC(N)=O)OC.COP(OC)OC. The summed E-state index contributed by atoms with van der Waals surface area (Å²) in [5.74, 6) is 0. The van der Waals surface area contributed by atoms with E-state index in [0.29, 0.717) is 5.71 Å². The Morgan fingerprint density at radius 3 is 1.81 bits per heavy atom. The van der Waals surface area contributed by atoms with E-state index in [9.17, 15) is 9.36 Å². The number of carbonyl (C=O) groups is 1. The molecule has 0 bridgehead atoms. The minimum absolute atomic E-state index is 0.000278. The molecule has 0 aliphatic heterocycles. The van der Waals surface area contributed by atoms with Gasteiger partial charge in [0.25, 0.3) is 0 Å². The van der Waals surface area contributed by atoms with E-state index in [-0.39, 0.29) is 6.16 Å². The largest absolute Gasteiger partial charge is 0.350 e. The fourth-order valence-electron chi connectivity index (χ4n) is 0.893. The number of hydrazone groups is 1. The van der Waals surface area contributed by atoms with Gasteiger partial charge in [-0.1, -0.05) is 0 Å². The number of carbonyl (C=O) groups excluding carboxylic acids is 1. The van der Waals surface area contributed by atoms with Crippen molar-refractivity contribution >= 4 is 27.9 Å². The van der Waals surface area contributed by atoms with Crippen LogP contribution in [0.25, 0.3) is 0 Å². The van der Waals surface area contributed by atoms with E-state index in [2.05, 4.69) is 27.7 Å². The van der Waals surface area contributed by atoms with Crippen LogP contribution in [0.5, 0.6) is 0 Å². The smallest absolute Gasteiger partial charge is 0.335 e. The van der Waals surface area contributed by atoms with Gasteiger partial charge < -0.3 is 28.4 Å². The Morgan fingerprint density at radius 1 is 1.14 bits per heavy atom. The fourth-order valence-corrected chi connectivity index (χ4v) is 2.38. The van der Waals surface area contributed by atoms with E-state index in [1.54, 1.807) is 28.3 Å². The predicted octanol–water partition coefficient (Wildman–Crippen LogP) is 1.67. The molecule has 0 aromatic carbocycles. The first-order chi connectivity index (χ1) is 9.78. The second-order valence-corrected chi connectivity index (χ2v) is 7.04. The number of urea groups is 1. The number of hydrogen-bond acceptors (Lipinski definition) is 8. The highest BCUT2D eigenvalue weighted by Crippen LogP contribution is 2.46. The molecule has 0 spiro atoms. The van der Waals surface area contributed by atoms with Gasteiger partial charge in [0, 0.05) is 41.3 Å². The molecule has 0 aliphatic carbocycles. The molecule has 0 aliphatic rings. The monoisotopic (exact) mass is 347 g/mol. The molecule has 3 N–H and O–H groups in total. The third-order valence-corrected chi connectivity index (χ3v) is 4.64. The maximum atomic E-state index is 11.5. The Morgan fingerprint density at radius 2 is 1.57 bits per heavy atom. The molecule has 0 saturated carbocycles. The number of amides is 2. The Kier molecular flexibility index (Phi) is 14.1. The van der Waals surface area contributed by atoms with Crippen LogP contribution in [0, 0.1) is 0 Å². The van der Waals surface area contributed by atoms with Crippen LogP contribution in [-0.2, 0) is 27.2 Å². The summed E-state index contributed by atoms with van der Waals surface area (Å²) in [4.78, 5) is 10.3. The van der Waals surface area contributed by atoms with Crippen LogP contribution in [0.4, 0.5) is 4.79 Å². The van der Waals surface area contributed by atoms with E-state index in [0.717, 1.165) is 0 Å². The molecule has 12 heteroatoms. The molecule has 10 nitrogen and oxygen atoms in total. The number of rotatable bonds is 8. The van der Waals surface area contributed by atoms with Crippen LogP contribution in [0.2, 0.25) is 0 Å². The Hall–Kier alpha value is -0.600. The quantitative estimate of drug-likeness (QED) is 0.388. The van der Waals surface area contributed by atoms with Gasteiger partial charge in [0.05, 0.1) is 6.16 Å². The summed E-state index contributed by atoms with van der Waals surface area (Å²) in [6, 6.07) is -0.783. The lowest BCUT2D eigenvalue weighted by molar-refractivity contribution is 0.239. The summed E-state index contributed by atoms with van der Waals surface area (Å²) >= 11 is 0. The van der Waals surface area contributed by atoms with Crippen LogP contribution >= 0.6 is 16.2 Å². The van der Waals surface area contributed by atoms with Crippen LogP contribution in [0.15, 0.2) is 5.10 Å². The first-order valence-electron chi connectivity index (χ1n) is 5.50. The van der Waals surface area contributed by atoms with Crippen molar-refractivity contribution in [3.63, 3.8) is 0 Å². The average molecular weight is 347 g/mol. The number of nitrogens with one attached hydrogen (secondary N) is 1. The lowest BCUT2D eigenvalue weighted by Gasteiger charge is -2.12. The van der Waals surface area contributed by atoms with Crippen molar-refractivity contribution in [2.24, 2.45) is 10.8 Å². The second kappa shape index (κ2) is 13.1. The third kappa shape index (κ3) is 12.8. The van der Waals surface area contributed by atoms with E-state index >= 15 is 0 Å². The Balaban J connectivity index is 0. The Labute approximate surface area is 125 Å². The molecule has 0 rings (SSSR count).